The number of benzene rings is 1. The third-order valence-corrected chi connectivity index (χ3v) is 3.82. The van der Waals surface area contributed by atoms with Crippen LogP contribution in [-0.2, 0) is 0 Å². The van der Waals surface area contributed by atoms with E-state index in [9.17, 15) is 0 Å². The van der Waals surface area contributed by atoms with Crippen molar-refractivity contribution in [3.05, 3.63) is 54.1 Å². The summed E-state index contributed by atoms with van der Waals surface area (Å²) in [5.74, 6) is 2.78. The summed E-state index contributed by atoms with van der Waals surface area (Å²) in [5.41, 5.74) is 1.96. The van der Waals surface area contributed by atoms with Crippen LogP contribution < -0.4 is 14.8 Å². The number of aromatic nitrogens is 4. The summed E-state index contributed by atoms with van der Waals surface area (Å²) in [6.45, 7) is 6.51. The lowest BCUT2D eigenvalue weighted by molar-refractivity contribution is 0.223. The van der Waals surface area contributed by atoms with E-state index in [1.165, 1.54) is 0 Å². The molecule has 1 aromatic carbocycles. The molecule has 0 spiro atoms. The molecule has 7 heteroatoms. The Morgan fingerprint density at radius 3 is 2.62 bits per heavy atom. The van der Waals surface area contributed by atoms with Crippen molar-refractivity contribution in [2.75, 3.05) is 19.0 Å². The van der Waals surface area contributed by atoms with Gasteiger partial charge in [0.05, 0.1) is 31.7 Å². The monoisotopic (exact) mass is 353 g/mol. The second-order valence-corrected chi connectivity index (χ2v) is 6.06. The first-order valence-electron chi connectivity index (χ1n) is 8.46. The molecule has 3 aromatic rings. The van der Waals surface area contributed by atoms with Gasteiger partial charge in [-0.2, -0.15) is 5.10 Å². The molecule has 0 amide bonds. The van der Waals surface area contributed by atoms with E-state index in [1.807, 2.05) is 51.1 Å². The Bertz CT molecular complexity index is 878. The maximum absolute atomic E-state index is 5.94. The lowest BCUT2D eigenvalue weighted by Gasteiger charge is -2.17. The fourth-order valence-corrected chi connectivity index (χ4v) is 2.63. The molecule has 0 aliphatic heterocycles. The Morgan fingerprint density at radius 1 is 1.15 bits per heavy atom. The Kier molecular flexibility index (Phi) is 5.36. The fourth-order valence-electron chi connectivity index (χ4n) is 2.63. The molecule has 1 unspecified atom stereocenters. The van der Waals surface area contributed by atoms with Crippen molar-refractivity contribution >= 4 is 5.82 Å². The molecule has 26 heavy (non-hydrogen) atoms. The van der Waals surface area contributed by atoms with Gasteiger partial charge in [-0.3, -0.25) is 4.98 Å². The quantitative estimate of drug-likeness (QED) is 0.703. The molecule has 0 aliphatic rings. The molecule has 0 fully saturated rings. The maximum atomic E-state index is 5.94. The molecule has 0 aliphatic carbocycles. The Hall–Kier alpha value is -3.09. The Labute approximate surface area is 153 Å². The highest BCUT2D eigenvalue weighted by Gasteiger charge is 2.10. The van der Waals surface area contributed by atoms with E-state index in [-0.39, 0.29) is 6.10 Å². The van der Waals surface area contributed by atoms with Crippen LogP contribution in [0.5, 0.6) is 11.5 Å². The fraction of sp³-hybridized carbons (Fsp3) is 0.316. The van der Waals surface area contributed by atoms with Crippen molar-refractivity contribution in [1.29, 1.82) is 0 Å². The van der Waals surface area contributed by atoms with E-state index in [1.54, 1.807) is 24.2 Å². The topological polar surface area (TPSA) is 74.1 Å². The smallest absolute Gasteiger partial charge is 0.174 e. The van der Waals surface area contributed by atoms with Crippen LogP contribution in [0.1, 0.15) is 18.3 Å². The minimum Gasteiger partial charge on any atom is -0.493 e. The number of methoxy groups -OCH3 is 1. The molecule has 1 atom stereocenters. The van der Waals surface area contributed by atoms with Crippen molar-refractivity contribution in [2.24, 2.45) is 0 Å². The summed E-state index contributed by atoms with van der Waals surface area (Å²) >= 11 is 0. The highest BCUT2D eigenvalue weighted by molar-refractivity contribution is 5.40. The van der Waals surface area contributed by atoms with Crippen LogP contribution in [0.3, 0.4) is 0 Å². The van der Waals surface area contributed by atoms with Gasteiger partial charge in [-0.1, -0.05) is 12.1 Å². The summed E-state index contributed by atoms with van der Waals surface area (Å²) in [6, 6.07) is 9.60. The van der Waals surface area contributed by atoms with Gasteiger partial charge in [0.1, 0.15) is 11.9 Å². The molecule has 0 saturated heterocycles. The zero-order valence-electron chi connectivity index (χ0n) is 15.4. The van der Waals surface area contributed by atoms with Crippen molar-refractivity contribution in [2.45, 2.75) is 26.9 Å². The second kappa shape index (κ2) is 7.86. The van der Waals surface area contributed by atoms with Gasteiger partial charge >= 0.3 is 0 Å². The van der Waals surface area contributed by atoms with Crippen LogP contribution in [0.4, 0.5) is 5.82 Å². The molecule has 0 saturated carbocycles. The van der Waals surface area contributed by atoms with Crippen LogP contribution in [-0.4, -0.2) is 39.5 Å². The Morgan fingerprint density at radius 2 is 1.92 bits per heavy atom. The van der Waals surface area contributed by atoms with Crippen LogP contribution in [0.15, 0.2) is 42.7 Å². The van der Waals surface area contributed by atoms with Crippen molar-refractivity contribution in [3.8, 4) is 17.3 Å². The van der Waals surface area contributed by atoms with Gasteiger partial charge in [-0.15, -0.1) is 0 Å². The second-order valence-electron chi connectivity index (χ2n) is 6.06. The zero-order chi connectivity index (χ0) is 18.5. The van der Waals surface area contributed by atoms with E-state index < -0.39 is 0 Å². The summed E-state index contributed by atoms with van der Waals surface area (Å²) < 4.78 is 13.0. The molecule has 3 rings (SSSR count). The normalized spacial score (nSPS) is 11.8. The minimum atomic E-state index is -0.0783. The van der Waals surface area contributed by atoms with Gasteiger partial charge in [-0.25, -0.2) is 9.67 Å². The Balaban J connectivity index is 1.64. The summed E-state index contributed by atoms with van der Waals surface area (Å²) in [4.78, 5) is 8.83. The SMILES string of the molecule is COc1ccccc1OC(C)CNc1cncc(-n2nc(C)cc2C)n1. The molecule has 1 N–H and O–H groups in total. The molecule has 2 aromatic heterocycles. The highest BCUT2D eigenvalue weighted by atomic mass is 16.5. The van der Waals surface area contributed by atoms with E-state index in [4.69, 9.17) is 9.47 Å². The zero-order valence-corrected chi connectivity index (χ0v) is 15.4. The van der Waals surface area contributed by atoms with Crippen LogP contribution in [0.2, 0.25) is 0 Å². The molecule has 136 valence electrons. The maximum Gasteiger partial charge on any atom is 0.174 e. The number of nitrogens with zero attached hydrogens (tertiary/aromatic N) is 4. The van der Waals surface area contributed by atoms with Crippen molar-refractivity contribution in [1.82, 2.24) is 19.7 Å². The standard InChI is InChI=1S/C19H23N5O2/c1-13-9-14(2)24(23-13)19-12-20-11-18(22-19)21-10-15(3)26-17-8-6-5-7-16(17)25-4/h5-9,11-12,15H,10H2,1-4H3,(H,21,22). The first-order valence-corrected chi connectivity index (χ1v) is 8.46. The summed E-state index contributed by atoms with van der Waals surface area (Å²) in [7, 11) is 1.63. The molecular weight excluding hydrogens is 330 g/mol. The number of para-hydroxylation sites is 2. The summed E-state index contributed by atoms with van der Waals surface area (Å²) in [6.07, 6.45) is 3.30. The number of ether oxygens (including phenoxy) is 2. The summed E-state index contributed by atoms with van der Waals surface area (Å²) in [5, 5.41) is 7.70. The molecule has 0 bridgehead atoms. The highest BCUT2D eigenvalue weighted by Crippen LogP contribution is 2.26. The average molecular weight is 353 g/mol. The van der Waals surface area contributed by atoms with Crippen LogP contribution in [0.25, 0.3) is 5.82 Å². The molecule has 0 radical (unpaired) electrons. The largest absolute Gasteiger partial charge is 0.493 e. The van der Waals surface area contributed by atoms with E-state index in [0.717, 1.165) is 11.4 Å². The number of hydrogen-bond donors (Lipinski definition) is 1. The third-order valence-electron chi connectivity index (χ3n) is 3.82. The number of rotatable bonds is 7. The first kappa shape index (κ1) is 17.7. The number of nitrogens with one attached hydrogen (secondary N) is 1. The predicted octanol–water partition coefficient (Wildman–Crippen LogP) is 3.17. The third kappa shape index (κ3) is 4.11. The number of anilines is 1. The van der Waals surface area contributed by atoms with Gasteiger partial charge in [0.25, 0.3) is 0 Å². The van der Waals surface area contributed by atoms with Crippen molar-refractivity contribution < 1.29 is 9.47 Å². The van der Waals surface area contributed by atoms with Crippen LogP contribution in [0, 0.1) is 13.8 Å². The van der Waals surface area contributed by atoms with Gasteiger partial charge in [-0.05, 0) is 39.0 Å². The van der Waals surface area contributed by atoms with Gasteiger partial charge in [0, 0.05) is 5.69 Å². The van der Waals surface area contributed by atoms with E-state index in [2.05, 4.69) is 20.4 Å². The lowest BCUT2D eigenvalue weighted by Crippen LogP contribution is -2.23. The average Bonchev–Trinajstić information content (AvgIpc) is 2.99. The molecular formula is C19H23N5O2. The minimum absolute atomic E-state index is 0.0783. The van der Waals surface area contributed by atoms with Crippen LogP contribution >= 0.6 is 0 Å². The van der Waals surface area contributed by atoms with Gasteiger partial charge in [0.2, 0.25) is 0 Å². The molecule has 7 nitrogen and oxygen atoms in total. The van der Waals surface area contributed by atoms with E-state index in [0.29, 0.717) is 29.7 Å². The lowest BCUT2D eigenvalue weighted by atomic mass is 10.3. The van der Waals surface area contributed by atoms with Gasteiger partial charge in [0.15, 0.2) is 17.3 Å². The van der Waals surface area contributed by atoms with Crippen molar-refractivity contribution in [3.63, 3.8) is 0 Å². The number of aryl methyl sites for hydroxylation is 2. The van der Waals surface area contributed by atoms with E-state index >= 15 is 0 Å². The molecule has 2 heterocycles. The first-order chi connectivity index (χ1) is 12.6. The van der Waals surface area contributed by atoms with Gasteiger partial charge < -0.3 is 14.8 Å². The predicted molar refractivity (Wildman–Crippen MR) is 100 cm³/mol. The number of hydrogen-bond acceptors (Lipinski definition) is 6.